The third kappa shape index (κ3) is 5.09. The van der Waals surface area contributed by atoms with E-state index in [1.165, 1.54) is 11.8 Å². The van der Waals surface area contributed by atoms with Crippen LogP contribution in [0.5, 0.6) is 5.75 Å². The monoisotopic (exact) mass is 425 g/mol. The number of methoxy groups -OCH3 is 1. The minimum atomic E-state index is -0.383. The number of fused-ring (bicyclic) bond motifs is 1. The standard InChI is InChI=1S/C23H27N3O3S/c1-16(21(27)17-10-12-18(29-4)13-11-17)30-23-24-20-9-6-5-8-19(20)22(28)26(23)15-7-14-25(2)3/h5-6,8-13,16H,7,14-15H2,1-4H3/t16-/m0/s1. The van der Waals surface area contributed by atoms with Gasteiger partial charge in [0.1, 0.15) is 5.75 Å². The summed E-state index contributed by atoms with van der Waals surface area (Å²) in [6.07, 6.45) is 0.821. The number of aromatic nitrogens is 2. The Labute approximate surface area is 180 Å². The summed E-state index contributed by atoms with van der Waals surface area (Å²) >= 11 is 1.33. The van der Waals surface area contributed by atoms with Crippen molar-refractivity contribution in [3.8, 4) is 5.75 Å². The zero-order valence-electron chi connectivity index (χ0n) is 17.8. The fourth-order valence-electron chi connectivity index (χ4n) is 3.18. The lowest BCUT2D eigenvalue weighted by Gasteiger charge is -2.17. The van der Waals surface area contributed by atoms with Crippen molar-refractivity contribution in [1.82, 2.24) is 14.5 Å². The summed E-state index contributed by atoms with van der Waals surface area (Å²) in [7, 11) is 5.61. The van der Waals surface area contributed by atoms with Crippen LogP contribution in [0.4, 0.5) is 0 Å². The molecule has 2 aromatic carbocycles. The van der Waals surface area contributed by atoms with Crippen LogP contribution in [-0.2, 0) is 6.54 Å². The Hall–Kier alpha value is -2.64. The van der Waals surface area contributed by atoms with Gasteiger partial charge in [-0.3, -0.25) is 14.2 Å². The zero-order valence-corrected chi connectivity index (χ0v) is 18.6. The van der Waals surface area contributed by atoms with Crippen molar-refractivity contribution in [3.05, 3.63) is 64.4 Å². The van der Waals surface area contributed by atoms with Gasteiger partial charge >= 0.3 is 0 Å². The molecule has 0 unspecified atom stereocenters. The largest absolute Gasteiger partial charge is 0.497 e. The first-order valence-electron chi connectivity index (χ1n) is 9.90. The molecule has 7 heteroatoms. The van der Waals surface area contributed by atoms with E-state index < -0.39 is 0 Å². The maximum absolute atomic E-state index is 13.1. The van der Waals surface area contributed by atoms with Crippen LogP contribution in [0.3, 0.4) is 0 Å². The van der Waals surface area contributed by atoms with E-state index in [0.29, 0.717) is 33.9 Å². The lowest BCUT2D eigenvalue weighted by atomic mass is 10.1. The van der Waals surface area contributed by atoms with Crippen LogP contribution in [0.15, 0.2) is 58.5 Å². The molecule has 30 heavy (non-hydrogen) atoms. The van der Waals surface area contributed by atoms with Gasteiger partial charge in [-0.1, -0.05) is 23.9 Å². The summed E-state index contributed by atoms with van der Waals surface area (Å²) in [4.78, 5) is 32.8. The van der Waals surface area contributed by atoms with Gasteiger partial charge in [0.15, 0.2) is 10.9 Å². The molecular formula is C23H27N3O3S. The molecule has 0 aliphatic rings. The summed E-state index contributed by atoms with van der Waals surface area (Å²) in [6.45, 7) is 3.27. The number of para-hydroxylation sites is 1. The van der Waals surface area contributed by atoms with Crippen LogP contribution < -0.4 is 10.3 Å². The second kappa shape index (κ2) is 9.91. The molecule has 0 spiro atoms. The van der Waals surface area contributed by atoms with Gasteiger partial charge in [-0.05, 0) is 70.4 Å². The molecule has 0 amide bonds. The van der Waals surface area contributed by atoms with E-state index in [1.54, 1.807) is 42.0 Å². The Kier molecular flexibility index (Phi) is 7.29. The number of hydrogen-bond donors (Lipinski definition) is 0. The summed E-state index contributed by atoms with van der Waals surface area (Å²) in [6, 6.07) is 14.4. The highest BCUT2D eigenvalue weighted by Crippen LogP contribution is 2.26. The second-order valence-electron chi connectivity index (χ2n) is 7.38. The first-order chi connectivity index (χ1) is 14.4. The Morgan fingerprint density at radius 1 is 1.17 bits per heavy atom. The molecule has 1 atom stereocenters. The van der Waals surface area contributed by atoms with Crippen molar-refractivity contribution in [3.63, 3.8) is 0 Å². The minimum absolute atomic E-state index is 0.00935. The molecule has 6 nitrogen and oxygen atoms in total. The second-order valence-corrected chi connectivity index (χ2v) is 8.69. The van der Waals surface area contributed by atoms with Crippen molar-refractivity contribution in [1.29, 1.82) is 0 Å². The molecule has 158 valence electrons. The van der Waals surface area contributed by atoms with Gasteiger partial charge < -0.3 is 9.64 Å². The lowest BCUT2D eigenvalue weighted by molar-refractivity contribution is 0.0994. The Bertz CT molecular complexity index is 1080. The number of carbonyl (C=O) groups excluding carboxylic acids is 1. The molecule has 3 rings (SSSR count). The van der Waals surface area contributed by atoms with E-state index in [2.05, 4.69) is 4.90 Å². The van der Waals surface area contributed by atoms with Crippen LogP contribution >= 0.6 is 11.8 Å². The first kappa shape index (κ1) is 22.1. The number of ketones is 1. The molecule has 0 bridgehead atoms. The quantitative estimate of drug-likeness (QED) is 0.296. The molecule has 3 aromatic rings. The molecular weight excluding hydrogens is 398 g/mol. The molecule has 1 aromatic heterocycles. The number of Topliss-reactive ketones (excluding diaryl/α,β-unsaturated/α-hetero) is 1. The maximum atomic E-state index is 13.1. The average molecular weight is 426 g/mol. The first-order valence-corrected chi connectivity index (χ1v) is 10.8. The zero-order chi connectivity index (χ0) is 21.7. The molecule has 0 aliphatic heterocycles. The maximum Gasteiger partial charge on any atom is 0.262 e. The van der Waals surface area contributed by atoms with E-state index in [1.807, 2.05) is 39.2 Å². The molecule has 0 fully saturated rings. The van der Waals surface area contributed by atoms with Gasteiger partial charge in [-0.2, -0.15) is 0 Å². The van der Waals surface area contributed by atoms with Gasteiger partial charge in [-0.25, -0.2) is 4.98 Å². The van der Waals surface area contributed by atoms with Crippen molar-refractivity contribution >= 4 is 28.4 Å². The molecule has 0 N–H and O–H groups in total. The normalized spacial score (nSPS) is 12.3. The molecule has 0 radical (unpaired) electrons. The minimum Gasteiger partial charge on any atom is -0.497 e. The summed E-state index contributed by atoms with van der Waals surface area (Å²) in [5.74, 6) is 0.697. The van der Waals surface area contributed by atoms with Gasteiger partial charge in [-0.15, -0.1) is 0 Å². The number of thioether (sulfide) groups is 1. The van der Waals surface area contributed by atoms with Crippen molar-refractivity contribution < 1.29 is 9.53 Å². The van der Waals surface area contributed by atoms with E-state index in [4.69, 9.17) is 9.72 Å². The third-order valence-electron chi connectivity index (χ3n) is 4.84. The van der Waals surface area contributed by atoms with Crippen molar-refractivity contribution in [2.75, 3.05) is 27.7 Å². The fourth-order valence-corrected chi connectivity index (χ4v) is 4.19. The predicted molar refractivity (Wildman–Crippen MR) is 122 cm³/mol. The van der Waals surface area contributed by atoms with Crippen LogP contribution in [0.2, 0.25) is 0 Å². The number of ether oxygens (including phenoxy) is 1. The van der Waals surface area contributed by atoms with Gasteiger partial charge in [0.2, 0.25) is 0 Å². The average Bonchev–Trinajstić information content (AvgIpc) is 2.75. The van der Waals surface area contributed by atoms with Gasteiger partial charge in [0.25, 0.3) is 5.56 Å². The highest BCUT2D eigenvalue weighted by molar-refractivity contribution is 8.00. The molecule has 1 heterocycles. The predicted octanol–water partition coefficient (Wildman–Crippen LogP) is 3.72. The smallest absolute Gasteiger partial charge is 0.262 e. The molecule has 0 aliphatic carbocycles. The molecule has 0 saturated heterocycles. The Morgan fingerprint density at radius 2 is 1.87 bits per heavy atom. The van der Waals surface area contributed by atoms with Crippen molar-refractivity contribution in [2.45, 2.75) is 30.3 Å². The fraction of sp³-hybridized carbons (Fsp3) is 0.348. The van der Waals surface area contributed by atoms with Crippen molar-refractivity contribution in [2.24, 2.45) is 0 Å². The number of rotatable bonds is 9. The van der Waals surface area contributed by atoms with E-state index in [0.717, 1.165) is 13.0 Å². The third-order valence-corrected chi connectivity index (χ3v) is 5.93. The van der Waals surface area contributed by atoms with E-state index in [9.17, 15) is 9.59 Å². The summed E-state index contributed by atoms with van der Waals surface area (Å²) in [5.41, 5.74) is 1.20. The van der Waals surface area contributed by atoms with Gasteiger partial charge in [0, 0.05) is 12.1 Å². The Balaban J connectivity index is 1.90. The number of carbonyl (C=O) groups is 1. The van der Waals surface area contributed by atoms with Crippen LogP contribution in [0.25, 0.3) is 10.9 Å². The molecule has 0 saturated carbocycles. The topological polar surface area (TPSA) is 64.4 Å². The highest BCUT2D eigenvalue weighted by Gasteiger charge is 2.20. The van der Waals surface area contributed by atoms with Crippen LogP contribution in [0, 0.1) is 0 Å². The van der Waals surface area contributed by atoms with Crippen LogP contribution in [-0.4, -0.2) is 53.2 Å². The summed E-state index contributed by atoms with van der Waals surface area (Å²) in [5, 5.41) is 0.791. The number of benzene rings is 2. The number of nitrogens with zero attached hydrogens (tertiary/aromatic N) is 3. The summed E-state index contributed by atoms with van der Waals surface area (Å²) < 4.78 is 6.86. The highest BCUT2D eigenvalue weighted by atomic mass is 32.2. The van der Waals surface area contributed by atoms with E-state index >= 15 is 0 Å². The van der Waals surface area contributed by atoms with E-state index in [-0.39, 0.29) is 16.6 Å². The number of hydrogen-bond acceptors (Lipinski definition) is 6. The SMILES string of the molecule is COc1ccc(C(=O)[C@H](C)Sc2nc3ccccc3c(=O)n2CCCN(C)C)cc1. The van der Waals surface area contributed by atoms with Gasteiger partial charge in [0.05, 0.1) is 23.3 Å². The Morgan fingerprint density at radius 3 is 2.53 bits per heavy atom. The lowest BCUT2D eigenvalue weighted by Crippen LogP contribution is -2.26. The van der Waals surface area contributed by atoms with Crippen LogP contribution in [0.1, 0.15) is 23.7 Å².